The smallest absolute Gasteiger partial charge is 0.224 e. The molecule has 0 saturated carbocycles. The Kier molecular flexibility index (Phi) is 11.7. The zero-order chi connectivity index (χ0) is 22.8. The van der Waals surface area contributed by atoms with Crippen LogP contribution < -0.4 is 16.0 Å². The van der Waals surface area contributed by atoms with E-state index in [-0.39, 0.29) is 29.9 Å². The van der Waals surface area contributed by atoms with Gasteiger partial charge in [-0.05, 0) is 49.4 Å². The number of likely N-dealkylation sites (tertiary alicyclic amines) is 1. The average molecular weight is 564 g/mol. The standard InChI is InChI=1S/C26H37N5O.HI/c1-4-8-25(32)29-23-13-11-21(12-14-23)18-28-26(27-3)30-24-15-16-31(20(2)17-24)19-22-9-6-5-7-10-22;/h5-7,9-14,20,24H,4,8,15-19H2,1-3H3,(H,29,32)(H2,27,28,30);1H. The number of carbonyl (C=O) groups is 1. The van der Waals surface area contributed by atoms with Crippen LogP contribution in [0.3, 0.4) is 0 Å². The van der Waals surface area contributed by atoms with Crippen molar-refractivity contribution in [3.8, 4) is 0 Å². The van der Waals surface area contributed by atoms with Gasteiger partial charge in [-0.25, -0.2) is 0 Å². The van der Waals surface area contributed by atoms with Gasteiger partial charge >= 0.3 is 0 Å². The van der Waals surface area contributed by atoms with E-state index in [9.17, 15) is 4.79 Å². The molecule has 0 radical (unpaired) electrons. The summed E-state index contributed by atoms with van der Waals surface area (Å²) >= 11 is 0. The second-order valence-corrected chi connectivity index (χ2v) is 8.59. The molecule has 2 aromatic carbocycles. The van der Waals surface area contributed by atoms with Crippen molar-refractivity contribution in [1.29, 1.82) is 0 Å². The van der Waals surface area contributed by atoms with Crippen LogP contribution in [0.2, 0.25) is 0 Å². The number of piperidine rings is 1. The van der Waals surface area contributed by atoms with Crippen molar-refractivity contribution in [2.24, 2.45) is 4.99 Å². The number of rotatable bonds is 8. The Morgan fingerprint density at radius 2 is 1.82 bits per heavy atom. The molecular formula is C26H38IN5O. The van der Waals surface area contributed by atoms with Crippen molar-refractivity contribution in [1.82, 2.24) is 15.5 Å². The maximum atomic E-state index is 11.7. The predicted molar refractivity (Wildman–Crippen MR) is 148 cm³/mol. The summed E-state index contributed by atoms with van der Waals surface area (Å²) < 4.78 is 0. The molecule has 0 aromatic heterocycles. The van der Waals surface area contributed by atoms with Crippen LogP contribution in [0.5, 0.6) is 0 Å². The van der Waals surface area contributed by atoms with Crippen molar-refractivity contribution in [3.05, 3.63) is 65.7 Å². The molecule has 1 heterocycles. The quantitative estimate of drug-likeness (QED) is 0.246. The fraction of sp³-hybridized carbons (Fsp3) is 0.462. The second-order valence-electron chi connectivity index (χ2n) is 8.59. The Bertz CT molecular complexity index is 872. The van der Waals surface area contributed by atoms with Crippen molar-refractivity contribution in [3.63, 3.8) is 0 Å². The highest BCUT2D eigenvalue weighted by Crippen LogP contribution is 2.20. The number of aliphatic imine (C=N–C) groups is 1. The molecule has 33 heavy (non-hydrogen) atoms. The summed E-state index contributed by atoms with van der Waals surface area (Å²) in [7, 11) is 1.82. The molecule has 2 unspecified atom stereocenters. The van der Waals surface area contributed by atoms with E-state index in [1.54, 1.807) is 0 Å². The molecule has 1 fully saturated rings. The van der Waals surface area contributed by atoms with Gasteiger partial charge < -0.3 is 16.0 Å². The van der Waals surface area contributed by atoms with Gasteiger partial charge in [0.05, 0.1) is 0 Å². The average Bonchev–Trinajstić information content (AvgIpc) is 2.80. The van der Waals surface area contributed by atoms with Crippen molar-refractivity contribution < 1.29 is 4.79 Å². The number of carbonyl (C=O) groups excluding carboxylic acids is 1. The lowest BCUT2D eigenvalue weighted by Crippen LogP contribution is -2.51. The Hall–Kier alpha value is -2.13. The zero-order valence-electron chi connectivity index (χ0n) is 20.0. The van der Waals surface area contributed by atoms with Gasteiger partial charge in [-0.3, -0.25) is 14.7 Å². The van der Waals surface area contributed by atoms with E-state index in [4.69, 9.17) is 0 Å². The molecule has 0 bridgehead atoms. The first-order valence-corrected chi connectivity index (χ1v) is 11.7. The molecule has 1 aliphatic heterocycles. The van der Waals surface area contributed by atoms with E-state index in [1.807, 2.05) is 38.2 Å². The molecule has 1 saturated heterocycles. The third kappa shape index (κ3) is 8.97. The molecule has 6 nitrogen and oxygen atoms in total. The van der Waals surface area contributed by atoms with E-state index in [0.29, 0.717) is 25.0 Å². The van der Waals surface area contributed by atoms with Gasteiger partial charge in [-0.1, -0.05) is 49.4 Å². The second kappa shape index (κ2) is 14.2. The van der Waals surface area contributed by atoms with Gasteiger partial charge in [0.25, 0.3) is 0 Å². The Morgan fingerprint density at radius 3 is 2.45 bits per heavy atom. The van der Waals surface area contributed by atoms with E-state index in [1.165, 1.54) is 5.56 Å². The molecule has 1 amide bonds. The van der Waals surface area contributed by atoms with Gasteiger partial charge in [-0.2, -0.15) is 0 Å². The number of benzene rings is 2. The highest BCUT2D eigenvalue weighted by Gasteiger charge is 2.25. The van der Waals surface area contributed by atoms with Crippen LogP contribution in [-0.2, 0) is 17.9 Å². The van der Waals surface area contributed by atoms with Crippen LogP contribution in [-0.4, -0.2) is 42.4 Å². The lowest BCUT2D eigenvalue weighted by Gasteiger charge is -2.38. The first kappa shape index (κ1) is 27.1. The number of halogens is 1. The van der Waals surface area contributed by atoms with Gasteiger partial charge in [-0.15, -0.1) is 24.0 Å². The van der Waals surface area contributed by atoms with Gasteiger partial charge in [0, 0.05) is 50.9 Å². The molecule has 180 valence electrons. The molecule has 0 spiro atoms. The lowest BCUT2D eigenvalue weighted by molar-refractivity contribution is -0.116. The van der Waals surface area contributed by atoms with Crippen LogP contribution in [0.1, 0.15) is 50.7 Å². The van der Waals surface area contributed by atoms with Crippen LogP contribution in [0.25, 0.3) is 0 Å². The fourth-order valence-electron chi connectivity index (χ4n) is 4.13. The fourth-order valence-corrected chi connectivity index (χ4v) is 4.13. The van der Waals surface area contributed by atoms with Crippen molar-refractivity contribution in [2.45, 2.75) is 64.7 Å². The minimum absolute atomic E-state index is 0. The Morgan fingerprint density at radius 1 is 1.09 bits per heavy atom. The summed E-state index contributed by atoms with van der Waals surface area (Å²) in [6.07, 6.45) is 3.60. The van der Waals surface area contributed by atoms with Gasteiger partial charge in [0.15, 0.2) is 5.96 Å². The number of amides is 1. The monoisotopic (exact) mass is 563 g/mol. The van der Waals surface area contributed by atoms with E-state index in [0.717, 1.165) is 49.6 Å². The largest absolute Gasteiger partial charge is 0.354 e. The summed E-state index contributed by atoms with van der Waals surface area (Å²) in [4.78, 5) is 18.7. The molecule has 1 aliphatic rings. The summed E-state index contributed by atoms with van der Waals surface area (Å²) in [5.74, 6) is 0.894. The summed E-state index contributed by atoms with van der Waals surface area (Å²) in [6, 6.07) is 19.6. The number of anilines is 1. The summed E-state index contributed by atoms with van der Waals surface area (Å²) in [6.45, 7) is 7.09. The summed E-state index contributed by atoms with van der Waals surface area (Å²) in [5.41, 5.74) is 3.36. The van der Waals surface area contributed by atoms with Gasteiger partial charge in [0.1, 0.15) is 0 Å². The normalized spacial score (nSPS) is 18.8. The number of guanidine groups is 1. The number of nitrogens with zero attached hydrogens (tertiary/aromatic N) is 2. The number of hydrogen-bond donors (Lipinski definition) is 3. The van der Waals surface area contributed by atoms with Crippen molar-refractivity contribution >= 4 is 41.5 Å². The Labute approximate surface area is 215 Å². The van der Waals surface area contributed by atoms with E-state index < -0.39 is 0 Å². The molecule has 2 atom stereocenters. The molecule has 3 N–H and O–H groups in total. The number of nitrogens with one attached hydrogen (secondary N) is 3. The van der Waals surface area contributed by atoms with Crippen LogP contribution in [0.4, 0.5) is 5.69 Å². The molecule has 3 rings (SSSR count). The zero-order valence-corrected chi connectivity index (χ0v) is 22.3. The highest BCUT2D eigenvalue weighted by molar-refractivity contribution is 14.0. The minimum Gasteiger partial charge on any atom is -0.354 e. The van der Waals surface area contributed by atoms with Crippen LogP contribution in [0.15, 0.2) is 59.6 Å². The molecule has 7 heteroatoms. The summed E-state index contributed by atoms with van der Waals surface area (Å²) in [5, 5.41) is 9.94. The third-order valence-electron chi connectivity index (χ3n) is 5.98. The topological polar surface area (TPSA) is 68.8 Å². The highest BCUT2D eigenvalue weighted by atomic mass is 127. The minimum atomic E-state index is 0. The SMILES string of the molecule is CCCC(=O)Nc1ccc(CNC(=NC)NC2CCN(Cc3ccccc3)C(C)C2)cc1.I. The number of hydrogen-bond acceptors (Lipinski definition) is 3. The maximum Gasteiger partial charge on any atom is 0.224 e. The first-order chi connectivity index (χ1) is 15.6. The predicted octanol–water partition coefficient (Wildman–Crippen LogP) is 4.76. The van der Waals surface area contributed by atoms with Crippen molar-refractivity contribution in [2.75, 3.05) is 18.9 Å². The molecule has 0 aliphatic carbocycles. The Balaban J connectivity index is 0.00000385. The molecular weight excluding hydrogens is 525 g/mol. The lowest BCUT2D eigenvalue weighted by atomic mass is 9.97. The van der Waals surface area contributed by atoms with Crippen LogP contribution in [0, 0.1) is 0 Å². The van der Waals surface area contributed by atoms with Gasteiger partial charge in [0.2, 0.25) is 5.91 Å². The molecule has 2 aromatic rings. The maximum absolute atomic E-state index is 11.7. The third-order valence-corrected chi connectivity index (χ3v) is 5.98. The van der Waals surface area contributed by atoms with E-state index in [2.05, 4.69) is 63.1 Å². The van der Waals surface area contributed by atoms with E-state index >= 15 is 0 Å². The first-order valence-electron chi connectivity index (χ1n) is 11.7. The van der Waals surface area contributed by atoms with Crippen LogP contribution >= 0.6 is 24.0 Å².